The van der Waals surface area contributed by atoms with E-state index in [9.17, 15) is 15.2 Å². The predicted molar refractivity (Wildman–Crippen MR) is 94.8 cm³/mol. The quantitative estimate of drug-likeness (QED) is 0.914. The van der Waals surface area contributed by atoms with Gasteiger partial charge in [0.15, 0.2) is 5.60 Å². The average Bonchev–Trinajstić information content (AvgIpc) is 3.04. The van der Waals surface area contributed by atoms with Crippen molar-refractivity contribution in [1.29, 1.82) is 5.26 Å². The van der Waals surface area contributed by atoms with Crippen LogP contribution >= 0.6 is 11.6 Å². The fourth-order valence-corrected chi connectivity index (χ4v) is 3.07. The second kappa shape index (κ2) is 6.75. The number of hydrogen-bond acceptors (Lipinski definition) is 4. The third-order valence-electron chi connectivity index (χ3n) is 4.20. The predicted octanol–water partition coefficient (Wildman–Crippen LogP) is 2.93. The Morgan fingerprint density at radius 2 is 2.12 bits per heavy atom. The number of halogens is 1. The molecule has 128 valence electrons. The topological polar surface area (TPSA) is 73.6 Å². The Morgan fingerprint density at radius 3 is 2.84 bits per heavy atom. The number of benzene rings is 2. The summed E-state index contributed by atoms with van der Waals surface area (Å²) in [7, 11) is 0. The number of hydrogen-bond donors (Lipinski definition) is 1. The van der Waals surface area contributed by atoms with Crippen molar-refractivity contribution in [2.45, 2.75) is 18.9 Å². The smallest absolute Gasteiger partial charge is 0.262 e. The Labute approximate surface area is 151 Å². The first kappa shape index (κ1) is 17.3. The van der Waals surface area contributed by atoms with Gasteiger partial charge in [0.2, 0.25) is 0 Å². The van der Waals surface area contributed by atoms with Crippen molar-refractivity contribution in [1.82, 2.24) is 0 Å². The lowest BCUT2D eigenvalue weighted by Gasteiger charge is -2.28. The molecule has 0 unspecified atom stereocenters. The standard InChI is InChI=1S/C19H17ClN2O3/c1-19(24,12-25-17-8-3-2-6-15(17)20)18(23)22-10-9-14-13(11-21)5-4-7-16(14)22/h2-8,24H,9-10,12H2,1H3/t19-/m0/s1. The van der Waals surface area contributed by atoms with E-state index in [1.807, 2.05) is 0 Å². The normalized spacial score (nSPS) is 15.2. The van der Waals surface area contributed by atoms with Gasteiger partial charge >= 0.3 is 0 Å². The van der Waals surface area contributed by atoms with Crippen molar-refractivity contribution < 1.29 is 14.6 Å². The van der Waals surface area contributed by atoms with Gasteiger partial charge in [0.25, 0.3) is 5.91 Å². The molecule has 0 aliphatic carbocycles. The molecule has 6 heteroatoms. The highest BCUT2D eigenvalue weighted by Gasteiger charge is 2.39. The number of carbonyl (C=O) groups is 1. The zero-order chi connectivity index (χ0) is 18.0. The Bertz CT molecular complexity index is 858. The van der Waals surface area contributed by atoms with E-state index < -0.39 is 11.5 Å². The van der Waals surface area contributed by atoms with E-state index in [1.165, 1.54) is 11.8 Å². The van der Waals surface area contributed by atoms with Crippen LogP contribution in [0.5, 0.6) is 5.75 Å². The first-order valence-electron chi connectivity index (χ1n) is 7.88. The van der Waals surface area contributed by atoms with Crippen LogP contribution in [0.4, 0.5) is 5.69 Å². The number of nitrogens with zero attached hydrogens (tertiary/aromatic N) is 2. The largest absolute Gasteiger partial charge is 0.488 e. The molecular formula is C19H17ClN2O3. The maximum absolute atomic E-state index is 12.8. The summed E-state index contributed by atoms with van der Waals surface area (Å²) in [4.78, 5) is 14.3. The molecule has 2 aromatic carbocycles. The minimum atomic E-state index is -1.72. The summed E-state index contributed by atoms with van der Waals surface area (Å²) in [5.41, 5.74) is 0.340. The van der Waals surface area contributed by atoms with Crippen LogP contribution in [0.25, 0.3) is 0 Å². The fraction of sp³-hybridized carbons (Fsp3) is 0.263. The number of anilines is 1. The van der Waals surface area contributed by atoms with E-state index in [1.54, 1.807) is 42.5 Å². The third kappa shape index (κ3) is 3.32. The summed E-state index contributed by atoms with van der Waals surface area (Å²) in [5.74, 6) is -0.0563. The molecule has 1 aliphatic rings. The maximum Gasteiger partial charge on any atom is 0.262 e. The molecule has 0 saturated heterocycles. The number of carbonyl (C=O) groups excluding carboxylic acids is 1. The molecule has 0 saturated carbocycles. The SMILES string of the molecule is C[C@](O)(COc1ccccc1Cl)C(=O)N1CCc2c(C#N)cccc21. The molecule has 1 heterocycles. The summed E-state index contributed by atoms with van der Waals surface area (Å²) in [6, 6.07) is 14.3. The number of ether oxygens (including phenoxy) is 1. The summed E-state index contributed by atoms with van der Waals surface area (Å²) < 4.78 is 5.53. The number of para-hydroxylation sites is 1. The first-order valence-corrected chi connectivity index (χ1v) is 8.25. The minimum absolute atomic E-state index is 0.223. The van der Waals surface area contributed by atoms with Gasteiger partial charge < -0.3 is 14.7 Å². The Hall–Kier alpha value is -2.55. The maximum atomic E-state index is 12.8. The Morgan fingerprint density at radius 1 is 1.36 bits per heavy atom. The van der Waals surface area contributed by atoms with Crippen molar-refractivity contribution in [2.75, 3.05) is 18.1 Å². The number of nitriles is 1. The lowest BCUT2D eigenvalue weighted by molar-refractivity contribution is -0.137. The monoisotopic (exact) mass is 356 g/mol. The highest BCUT2D eigenvalue weighted by atomic mass is 35.5. The summed E-state index contributed by atoms with van der Waals surface area (Å²) in [6.07, 6.45) is 0.590. The van der Waals surface area contributed by atoms with Gasteiger partial charge in [-0.05, 0) is 43.2 Å². The van der Waals surface area contributed by atoms with Gasteiger partial charge in [0, 0.05) is 12.2 Å². The molecular weight excluding hydrogens is 340 g/mol. The molecule has 0 aromatic heterocycles. The number of rotatable bonds is 4. The third-order valence-corrected chi connectivity index (χ3v) is 4.51. The lowest BCUT2D eigenvalue weighted by Crippen LogP contribution is -2.50. The minimum Gasteiger partial charge on any atom is -0.488 e. The Balaban J connectivity index is 1.77. The van der Waals surface area contributed by atoms with Crippen LogP contribution in [0, 0.1) is 11.3 Å². The first-order chi connectivity index (χ1) is 11.9. The summed E-state index contributed by atoms with van der Waals surface area (Å²) in [6.45, 7) is 1.62. The van der Waals surface area contributed by atoms with Gasteiger partial charge in [-0.1, -0.05) is 29.8 Å². The van der Waals surface area contributed by atoms with Crippen LogP contribution in [0.3, 0.4) is 0 Å². The van der Waals surface area contributed by atoms with Crippen LogP contribution in [0.1, 0.15) is 18.1 Å². The highest BCUT2D eigenvalue weighted by Crippen LogP contribution is 2.32. The molecule has 0 bridgehead atoms. The molecule has 2 aromatic rings. The van der Waals surface area contributed by atoms with E-state index in [2.05, 4.69) is 6.07 Å². The molecule has 25 heavy (non-hydrogen) atoms. The van der Waals surface area contributed by atoms with Crippen molar-refractivity contribution in [3.8, 4) is 11.8 Å². The second-order valence-electron chi connectivity index (χ2n) is 6.11. The second-order valence-corrected chi connectivity index (χ2v) is 6.52. The Kier molecular flexibility index (Phi) is 4.67. The lowest BCUT2D eigenvalue weighted by atomic mass is 10.0. The van der Waals surface area contributed by atoms with Crippen LogP contribution < -0.4 is 9.64 Å². The van der Waals surface area contributed by atoms with Gasteiger partial charge in [-0.15, -0.1) is 0 Å². The average molecular weight is 357 g/mol. The van der Waals surface area contributed by atoms with Crippen molar-refractivity contribution in [2.24, 2.45) is 0 Å². The van der Waals surface area contributed by atoms with Crippen molar-refractivity contribution in [3.05, 3.63) is 58.6 Å². The van der Waals surface area contributed by atoms with E-state index in [4.69, 9.17) is 16.3 Å². The van der Waals surface area contributed by atoms with Gasteiger partial charge in [-0.3, -0.25) is 4.79 Å². The van der Waals surface area contributed by atoms with E-state index in [0.29, 0.717) is 35.0 Å². The fourth-order valence-electron chi connectivity index (χ4n) is 2.88. The number of fused-ring (bicyclic) bond motifs is 1. The van der Waals surface area contributed by atoms with Gasteiger partial charge in [0.05, 0.1) is 16.7 Å². The summed E-state index contributed by atoms with van der Waals surface area (Å²) >= 11 is 6.03. The molecule has 3 rings (SSSR count). The molecule has 1 N–H and O–H groups in total. The number of aliphatic hydroxyl groups is 1. The molecule has 1 atom stereocenters. The van der Waals surface area contributed by atoms with Gasteiger partial charge in [0.1, 0.15) is 12.4 Å². The zero-order valence-electron chi connectivity index (χ0n) is 13.7. The van der Waals surface area contributed by atoms with E-state index in [-0.39, 0.29) is 6.61 Å². The molecule has 1 aliphatic heterocycles. The van der Waals surface area contributed by atoms with E-state index >= 15 is 0 Å². The molecule has 0 fully saturated rings. The van der Waals surface area contributed by atoms with Gasteiger partial charge in [-0.25, -0.2) is 0 Å². The van der Waals surface area contributed by atoms with Crippen LogP contribution in [0.15, 0.2) is 42.5 Å². The molecule has 1 amide bonds. The highest BCUT2D eigenvalue weighted by molar-refractivity contribution is 6.32. The molecule has 5 nitrogen and oxygen atoms in total. The molecule has 0 spiro atoms. The van der Waals surface area contributed by atoms with Crippen molar-refractivity contribution in [3.63, 3.8) is 0 Å². The summed E-state index contributed by atoms with van der Waals surface area (Å²) in [5, 5.41) is 20.2. The number of amides is 1. The van der Waals surface area contributed by atoms with Crippen LogP contribution in [0.2, 0.25) is 5.02 Å². The van der Waals surface area contributed by atoms with E-state index in [0.717, 1.165) is 5.56 Å². The zero-order valence-corrected chi connectivity index (χ0v) is 14.5. The van der Waals surface area contributed by atoms with Crippen LogP contribution in [-0.4, -0.2) is 29.8 Å². The van der Waals surface area contributed by atoms with Crippen molar-refractivity contribution >= 4 is 23.2 Å². The van der Waals surface area contributed by atoms with Gasteiger partial charge in [-0.2, -0.15) is 5.26 Å². The molecule has 0 radical (unpaired) electrons. The van der Waals surface area contributed by atoms with Crippen LogP contribution in [-0.2, 0) is 11.2 Å².